The Morgan fingerprint density at radius 1 is 1.05 bits per heavy atom. The Labute approximate surface area is 136 Å². The summed E-state index contributed by atoms with van der Waals surface area (Å²) in [4.78, 5) is 5.38. The van der Waals surface area contributed by atoms with Gasteiger partial charge < -0.3 is 4.90 Å². The molecular weight excluding hydrogens is 359 g/mol. The Morgan fingerprint density at radius 2 is 1.85 bits per heavy atom. The van der Waals surface area contributed by atoms with E-state index >= 15 is 0 Å². The molecule has 1 atom stereocenters. The van der Waals surface area contributed by atoms with E-state index in [2.05, 4.69) is 56.7 Å². The Bertz CT molecular complexity index is 427. The highest BCUT2D eigenvalue weighted by Crippen LogP contribution is 2.35. The average Bonchev–Trinajstić information content (AvgIpc) is 2.92. The van der Waals surface area contributed by atoms with Crippen LogP contribution in [0.1, 0.15) is 36.4 Å². The van der Waals surface area contributed by atoms with E-state index in [0.29, 0.717) is 6.04 Å². The summed E-state index contributed by atoms with van der Waals surface area (Å²) in [6.07, 6.45) is 5.34. The number of rotatable bonds is 5. The minimum atomic E-state index is 0.697. The summed E-state index contributed by atoms with van der Waals surface area (Å²) in [6, 6.07) is 9.75. The van der Waals surface area contributed by atoms with Crippen molar-refractivity contribution < 1.29 is 0 Å². The highest BCUT2D eigenvalue weighted by Gasteiger charge is 2.29. The molecule has 1 aromatic carbocycles. The van der Waals surface area contributed by atoms with Gasteiger partial charge in [-0.05, 0) is 47.8 Å². The van der Waals surface area contributed by atoms with Crippen LogP contribution in [0.2, 0.25) is 0 Å². The van der Waals surface area contributed by atoms with Gasteiger partial charge in [-0.25, -0.2) is 0 Å². The van der Waals surface area contributed by atoms with Gasteiger partial charge in [0.1, 0.15) is 0 Å². The van der Waals surface area contributed by atoms with E-state index in [1.54, 1.807) is 11.1 Å². The van der Waals surface area contributed by atoms with E-state index in [-0.39, 0.29) is 0 Å². The molecular formula is C17H25IN2. The fourth-order valence-corrected chi connectivity index (χ4v) is 4.18. The zero-order valence-electron chi connectivity index (χ0n) is 12.2. The van der Waals surface area contributed by atoms with Crippen LogP contribution in [0.3, 0.4) is 0 Å². The molecule has 1 aliphatic heterocycles. The molecule has 0 aromatic heterocycles. The summed E-state index contributed by atoms with van der Waals surface area (Å²) in [5.74, 6) is 0. The summed E-state index contributed by atoms with van der Waals surface area (Å²) in [5, 5.41) is 0. The van der Waals surface area contributed by atoms with Crippen LogP contribution in [0.4, 0.5) is 0 Å². The molecule has 1 fully saturated rings. The molecule has 0 radical (unpaired) electrons. The lowest BCUT2D eigenvalue weighted by molar-refractivity contribution is 0.0952. The van der Waals surface area contributed by atoms with Gasteiger partial charge in [-0.15, -0.1) is 0 Å². The standard InChI is InChI=1S/C17H25IN2/c18-9-3-4-10-19-11-13-20(14-12-19)17-8-7-15-5-1-2-6-16(15)17/h1-2,5-6,17H,3-4,7-14H2. The molecule has 1 heterocycles. The molecule has 0 spiro atoms. The third-order valence-electron chi connectivity index (χ3n) is 4.81. The molecule has 2 aliphatic rings. The van der Waals surface area contributed by atoms with E-state index in [1.165, 1.54) is 62.8 Å². The van der Waals surface area contributed by atoms with Crippen molar-refractivity contribution in [1.82, 2.24) is 9.80 Å². The molecule has 1 saturated heterocycles. The molecule has 0 bridgehead atoms. The first-order chi connectivity index (χ1) is 9.88. The lowest BCUT2D eigenvalue weighted by atomic mass is 10.1. The number of fused-ring (bicyclic) bond motifs is 1. The third kappa shape index (κ3) is 3.37. The minimum absolute atomic E-state index is 0.697. The number of piperazine rings is 1. The monoisotopic (exact) mass is 384 g/mol. The fourth-order valence-electron chi connectivity index (χ4n) is 3.64. The van der Waals surface area contributed by atoms with E-state index in [1.807, 2.05) is 0 Å². The molecule has 110 valence electrons. The molecule has 3 rings (SSSR count). The molecule has 1 aromatic rings. The number of nitrogens with zero attached hydrogens (tertiary/aromatic N) is 2. The maximum absolute atomic E-state index is 2.72. The fraction of sp³-hybridized carbons (Fsp3) is 0.647. The first-order valence-electron chi connectivity index (χ1n) is 7.98. The van der Waals surface area contributed by atoms with E-state index in [0.717, 1.165) is 0 Å². The number of alkyl halides is 1. The molecule has 1 unspecified atom stereocenters. The van der Waals surface area contributed by atoms with E-state index in [9.17, 15) is 0 Å². The predicted octanol–water partition coefficient (Wildman–Crippen LogP) is 3.51. The summed E-state index contributed by atoms with van der Waals surface area (Å²) >= 11 is 2.48. The Balaban J connectivity index is 1.52. The minimum Gasteiger partial charge on any atom is -0.301 e. The molecule has 0 amide bonds. The smallest absolute Gasteiger partial charge is 0.0355 e. The van der Waals surface area contributed by atoms with Crippen molar-refractivity contribution in [2.75, 3.05) is 37.2 Å². The van der Waals surface area contributed by atoms with Gasteiger partial charge in [-0.1, -0.05) is 46.9 Å². The van der Waals surface area contributed by atoms with Crippen molar-refractivity contribution in [2.45, 2.75) is 31.7 Å². The topological polar surface area (TPSA) is 6.48 Å². The maximum atomic E-state index is 2.72. The number of halogens is 1. The second kappa shape index (κ2) is 7.23. The quantitative estimate of drug-likeness (QED) is 0.436. The highest BCUT2D eigenvalue weighted by atomic mass is 127. The lowest BCUT2D eigenvalue weighted by Gasteiger charge is -2.38. The van der Waals surface area contributed by atoms with Crippen LogP contribution >= 0.6 is 22.6 Å². The zero-order chi connectivity index (χ0) is 13.8. The number of hydrogen-bond donors (Lipinski definition) is 0. The summed E-state index contributed by atoms with van der Waals surface area (Å²) < 4.78 is 1.30. The van der Waals surface area contributed by atoms with E-state index < -0.39 is 0 Å². The number of benzene rings is 1. The first kappa shape index (κ1) is 14.8. The number of aryl methyl sites for hydroxylation is 1. The molecule has 2 nitrogen and oxygen atoms in total. The number of hydrogen-bond acceptors (Lipinski definition) is 2. The van der Waals surface area contributed by atoms with Crippen LogP contribution in [-0.2, 0) is 6.42 Å². The third-order valence-corrected chi connectivity index (χ3v) is 5.57. The number of unbranched alkanes of at least 4 members (excludes halogenated alkanes) is 1. The normalized spacial score (nSPS) is 23.9. The van der Waals surface area contributed by atoms with Crippen LogP contribution in [0.5, 0.6) is 0 Å². The molecule has 20 heavy (non-hydrogen) atoms. The van der Waals surface area contributed by atoms with Crippen LogP contribution < -0.4 is 0 Å². The van der Waals surface area contributed by atoms with Gasteiger partial charge >= 0.3 is 0 Å². The largest absolute Gasteiger partial charge is 0.301 e. The van der Waals surface area contributed by atoms with Gasteiger partial charge in [-0.3, -0.25) is 4.90 Å². The second-order valence-electron chi connectivity index (χ2n) is 6.03. The van der Waals surface area contributed by atoms with Crippen molar-refractivity contribution in [2.24, 2.45) is 0 Å². The zero-order valence-corrected chi connectivity index (χ0v) is 14.4. The SMILES string of the molecule is ICCCCN1CCN(C2CCc3ccccc32)CC1. The van der Waals surface area contributed by atoms with Gasteiger partial charge in [0.05, 0.1) is 0 Å². The van der Waals surface area contributed by atoms with Crippen LogP contribution in [-0.4, -0.2) is 47.0 Å². The van der Waals surface area contributed by atoms with Crippen LogP contribution in [0.15, 0.2) is 24.3 Å². The lowest BCUT2D eigenvalue weighted by Crippen LogP contribution is -2.47. The highest BCUT2D eigenvalue weighted by molar-refractivity contribution is 14.1. The van der Waals surface area contributed by atoms with E-state index in [4.69, 9.17) is 0 Å². The van der Waals surface area contributed by atoms with Crippen molar-refractivity contribution >= 4 is 22.6 Å². The average molecular weight is 384 g/mol. The molecule has 1 aliphatic carbocycles. The molecule has 0 saturated carbocycles. The summed E-state index contributed by atoms with van der Waals surface area (Å²) in [6.45, 7) is 6.34. The van der Waals surface area contributed by atoms with Crippen molar-refractivity contribution in [3.8, 4) is 0 Å². The van der Waals surface area contributed by atoms with Crippen molar-refractivity contribution in [3.05, 3.63) is 35.4 Å². The maximum Gasteiger partial charge on any atom is 0.0355 e. The Morgan fingerprint density at radius 3 is 2.65 bits per heavy atom. The van der Waals surface area contributed by atoms with Crippen molar-refractivity contribution in [1.29, 1.82) is 0 Å². The van der Waals surface area contributed by atoms with Gasteiger partial charge in [0.2, 0.25) is 0 Å². The second-order valence-corrected chi connectivity index (χ2v) is 7.11. The Hall–Kier alpha value is -0.130. The summed E-state index contributed by atoms with van der Waals surface area (Å²) in [5.41, 5.74) is 3.19. The van der Waals surface area contributed by atoms with Gasteiger partial charge in [0.25, 0.3) is 0 Å². The molecule has 3 heteroatoms. The van der Waals surface area contributed by atoms with Gasteiger partial charge in [-0.2, -0.15) is 0 Å². The van der Waals surface area contributed by atoms with Crippen LogP contribution in [0, 0.1) is 0 Å². The van der Waals surface area contributed by atoms with Gasteiger partial charge in [0, 0.05) is 32.2 Å². The van der Waals surface area contributed by atoms with Gasteiger partial charge in [0.15, 0.2) is 0 Å². The first-order valence-corrected chi connectivity index (χ1v) is 9.51. The summed E-state index contributed by atoms with van der Waals surface area (Å²) in [7, 11) is 0. The predicted molar refractivity (Wildman–Crippen MR) is 93.6 cm³/mol. The van der Waals surface area contributed by atoms with Crippen molar-refractivity contribution in [3.63, 3.8) is 0 Å². The van der Waals surface area contributed by atoms with Crippen LogP contribution in [0.25, 0.3) is 0 Å². The molecule has 0 N–H and O–H groups in total. The Kier molecular flexibility index (Phi) is 5.35.